The van der Waals surface area contributed by atoms with Crippen molar-refractivity contribution in [3.63, 3.8) is 0 Å². The van der Waals surface area contributed by atoms with Crippen molar-refractivity contribution < 1.29 is 17.9 Å². The normalized spacial score (nSPS) is 12.3. The molecule has 1 heterocycles. The predicted octanol–water partition coefficient (Wildman–Crippen LogP) is 5.13. The smallest absolute Gasteiger partial charge is 0.406 e. The lowest BCUT2D eigenvalue weighted by atomic mass is 10.1. The van der Waals surface area contributed by atoms with Crippen LogP contribution in [0.1, 0.15) is 5.56 Å². The molecule has 0 N–H and O–H groups in total. The largest absolute Gasteiger partial charge is 0.573 e. The van der Waals surface area contributed by atoms with E-state index in [1.54, 1.807) is 31.7 Å². The minimum absolute atomic E-state index is 0.258. The molecule has 0 saturated carbocycles. The van der Waals surface area contributed by atoms with Gasteiger partial charge in [0.05, 0.1) is 11.0 Å². The van der Waals surface area contributed by atoms with Crippen LogP contribution >= 0.6 is 0 Å². The van der Waals surface area contributed by atoms with Crippen molar-refractivity contribution in [2.24, 2.45) is 4.99 Å². The summed E-state index contributed by atoms with van der Waals surface area (Å²) in [6.07, 6.45) is -1.26. The fourth-order valence-corrected chi connectivity index (χ4v) is 3.07. The Labute approximate surface area is 152 Å². The molecule has 0 saturated heterocycles. The van der Waals surface area contributed by atoms with Gasteiger partial charge in [0, 0.05) is 24.3 Å². The molecule has 4 aromatic rings. The molecule has 0 unspecified atom stereocenters. The van der Waals surface area contributed by atoms with Gasteiger partial charge < -0.3 is 4.74 Å². The number of rotatable bonds is 3. The highest BCUT2D eigenvalue weighted by atomic mass is 19.4. The van der Waals surface area contributed by atoms with Crippen molar-refractivity contribution in [2.45, 2.75) is 6.36 Å². The number of benzene rings is 3. The Balaban J connectivity index is 1.76. The van der Waals surface area contributed by atoms with Crippen molar-refractivity contribution in [3.8, 4) is 11.4 Å². The molecule has 0 fully saturated rings. The van der Waals surface area contributed by atoms with Gasteiger partial charge in [-0.1, -0.05) is 18.2 Å². The number of hydrogen-bond acceptors (Lipinski definition) is 3. The highest BCUT2D eigenvalue weighted by molar-refractivity contribution is 6.06. The Morgan fingerprint density at radius 3 is 2.52 bits per heavy atom. The van der Waals surface area contributed by atoms with Crippen molar-refractivity contribution >= 4 is 28.0 Å². The zero-order valence-corrected chi connectivity index (χ0v) is 14.2. The molecule has 27 heavy (non-hydrogen) atoms. The summed E-state index contributed by atoms with van der Waals surface area (Å²) in [5.41, 5.74) is 3.39. The van der Waals surface area contributed by atoms with E-state index in [0.29, 0.717) is 5.69 Å². The van der Waals surface area contributed by atoms with E-state index in [4.69, 9.17) is 0 Å². The van der Waals surface area contributed by atoms with E-state index in [1.165, 1.54) is 12.1 Å². The molecule has 0 aliphatic carbocycles. The van der Waals surface area contributed by atoms with Crippen LogP contribution in [0.5, 0.6) is 5.75 Å². The second kappa shape index (κ2) is 6.42. The van der Waals surface area contributed by atoms with E-state index < -0.39 is 6.36 Å². The predicted molar refractivity (Wildman–Crippen MR) is 98.8 cm³/mol. The Hall–Kier alpha value is -3.35. The number of hydrogen-bond donors (Lipinski definition) is 0. The lowest BCUT2D eigenvalue weighted by molar-refractivity contribution is -0.274. The highest BCUT2D eigenvalue weighted by Crippen LogP contribution is 2.28. The number of fused-ring (bicyclic) bond motifs is 3. The summed E-state index contributed by atoms with van der Waals surface area (Å²) in [5.74, 6) is -0.258. The maximum Gasteiger partial charge on any atom is 0.573 e. The molecule has 0 aliphatic rings. The fourth-order valence-electron chi connectivity index (χ4n) is 3.07. The zero-order chi connectivity index (χ0) is 19.0. The third-order valence-corrected chi connectivity index (χ3v) is 4.18. The molecular formula is C20H14F3N3O. The number of halogens is 3. The number of aliphatic imine (C=N–C) groups is 1. The third-order valence-electron chi connectivity index (χ3n) is 4.18. The average Bonchev–Trinajstić information content (AvgIpc) is 3.05. The molecule has 0 atom stereocenters. The Morgan fingerprint density at radius 2 is 1.81 bits per heavy atom. The second-order valence-corrected chi connectivity index (χ2v) is 5.96. The summed E-state index contributed by atoms with van der Waals surface area (Å²) in [6, 6.07) is 15.6. The number of ether oxygens (including phenoxy) is 1. The van der Waals surface area contributed by atoms with Gasteiger partial charge in [0.25, 0.3) is 0 Å². The topological polar surface area (TPSA) is 39.4 Å². The minimum Gasteiger partial charge on any atom is -0.406 e. The van der Waals surface area contributed by atoms with Gasteiger partial charge in [-0.25, -0.2) is 4.98 Å². The van der Waals surface area contributed by atoms with Crippen molar-refractivity contribution in [1.29, 1.82) is 0 Å². The van der Waals surface area contributed by atoms with Crippen LogP contribution in [0.2, 0.25) is 0 Å². The number of aromatic nitrogens is 2. The van der Waals surface area contributed by atoms with E-state index in [9.17, 15) is 13.2 Å². The van der Waals surface area contributed by atoms with Crippen LogP contribution in [0.3, 0.4) is 0 Å². The monoisotopic (exact) mass is 369 g/mol. The molecule has 0 bridgehead atoms. The zero-order valence-electron chi connectivity index (χ0n) is 14.2. The second-order valence-electron chi connectivity index (χ2n) is 5.96. The van der Waals surface area contributed by atoms with E-state index in [2.05, 4.69) is 14.7 Å². The van der Waals surface area contributed by atoms with Crippen molar-refractivity contribution in [3.05, 3.63) is 66.5 Å². The van der Waals surface area contributed by atoms with Gasteiger partial charge in [-0.3, -0.25) is 9.56 Å². The van der Waals surface area contributed by atoms with Crippen LogP contribution < -0.4 is 4.74 Å². The maximum atomic E-state index is 12.3. The fraction of sp³-hybridized carbons (Fsp3) is 0.100. The summed E-state index contributed by atoms with van der Waals surface area (Å²) < 4.78 is 42.7. The first kappa shape index (κ1) is 17.1. The quantitative estimate of drug-likeness (QED) is 0.470. The molecule has 7 heteroatoms. The molecular weight excluding hydrogens is 355 g/mol. The maximum absolute atomic E-state index is 12.3. The van der Waals surface area contributed by atoms with E-state index in [-0.39, 0.29) is 5.75 Å². The summed E-state index contributed by atoms with van der Waals surface area (Å²) in [5, 5.41) is 2.04. The lowest BCUT2D eigenvalue weighted by Crippen LogP contribution is -2.17. The molecule has 0 radical (unpaired) electrons. The molecule has 3 aromatic carbocycles. The molecule has 0 aliphatic heterocycles. The van der Waals surface area contributed by atoms with Gasteiger partial charge in [-0.2, -0.15) is 0 Å². The molecule has 136 valence electrons. The molecule has 4 rings (SSSR count). The van der Waals surface area contributed by atoms with Gasteiger partial charge in [-0.15, -0.1) is 13.2 Å². The molecule has 4 nitrogen and oxygen atoms in total. The van der Waals surface area contributed by atoms with E-state index in [0.717, 1.165) is 27.4 Å². The van der Waals surface area contributed by atoms with Crippen LogP contribution in [0.4, 0.5) is 13.2 Å². The van der Waals surface area contributed by atoms with Gasteiger partial charge in [0.15, 0.2) is 0 Å². The summed E-state index contributed by atoms with van der Waals surface area (Å²) >= 11 is 0. The van der Waals surface area contributed by atoms with E-state index in [1.807, 2.05) is 34.9 Å². The standard InChI is InChI=1S/C20H14F3N3O/c1-24-11-13-2-8-17-14(10-13)3-9-18-19(17)25-12-26(18)15-4-6-16(7-5-15)27-20(21,22)23/h2-12H,1H3/b24-11+. The van der Waals surface area contributed by atoms with Gasteiger partial charge in [-0.05, 0) is 47.3 Å². The number of imidazole rings is 1. The number of nitrogens with zero attached hydrogens (tertiary/aromatic N) is 3. The van der Waals surface area contributed by atoms with Crippen molar-refractivity contribution in [1.82, 2.24) is 9.55 Å². The van der Waals surface area contributed by atoms with Gasteiger partial charge >= 0.3 is 6.36 Å². The third kappa shape index (κ3) is 3.36. The highest BCUT2D eigenvalue weighted by Gasteiger charge is 2.31. The Bertz CT molecular complexity index is 1150. The molecule has 0 amide bonds. The van der Waals surface area contributed by atoms with Crippen LogP contribution in [-0.4, -0.2) is 29.2 Å². The first-order valence-electron chi connectivity index (χ1n) is 8.13. The Kier molecular flexibility index (Phi) is 4.07. The minimum atomic E-state index is -4.70. The lowest BCUT2D eigenvalue weighted by Gasteiger charge is -2.10. The van der Waals surface area contributed by atoms with E-state index >= 15 is 0 Å². The van der Waals surface area contributed by atoms with Crippen LogP contribution in [0, 0.1) is 0 Å². The average molecular weight is 369 g/mol. The SMILES string of the molecule is C/N=C/c1ccc2c(ccc3c2ncn3-c2ccc(OC(F)(F)F)cc2)c1. The first-order chi connectivity index (χ1) is 12.9. The summed E-state index contributed by atoms with van der Waals surface area (Å²) in [7, 11) is 1.72. The molecule has 0 spiro atoms. The van der Waals surface area contributed by atoms with Crippen LogP contribution in [0.25, 0.3) is 27.5 Å². The summed E-state index contributed by atoms with van der Waals surface area (Å²) in [6.45, 7) is 0. The summed E-state index contributed by atoms with van der Waals surface area (Å²) in [4.78, 5) is 8.52. The Morgan fingerprint density at radius 1 is 1.04 bits per heavy atom. The van der Waals surface area contributed by atoms with Crippen molar-refractivity contribution in [2.75, 3.05) is 7.05 Å². The number of alkyl halides is 3. The van der Waals surface area contributed by atoms with Gasteiger partial charge in [0.2, 0.25) is 0 Å². The molecule has 1 aromatic heterocycles. The van der Waals surface area contributed by atoms with Gasteiger partial charge in [0.1, 0.15) is 12.1 Å². The van der Waals surface area contributed by atoms with Crippen LogP contribution in [-0.2, 0) is 0 Å². The first-order valence-corrected chi connectivity index (χ1v) is 8.13. The van der Waals surface area contributed by atoms with Crippen LogP contribution in [0.15, 0.2) is 65.9 Å².